The van der Waals surface area contributed by atoms with E-state index in [0.717, 1.165) is 18.9 Å². The molecule has 3 rings (SSSR count). The number of carbonyl (C=O) groups excluding carboxylic acids is 1. The Balaban J connectivity index is 0.00000110. The van der Waals surface area contributed by atoms with Crippen LogP contribution in [-0.4, -0.2) is 34.1 Å². The highest BCUT2D eigenvalue weighted by atomic mass is 35.5. The highest BCUT2D eigenvalue weighted by Gasteiger charge is 2.37. The summed E-state index contributed by atoms with van der Waals surface area (Å²) in [5.41, 5.74) is 0. The molecule has 0 aromatic carbocycles. The van der Waals surface area contributed by atoms with Crippen molar-refractivity contribution in [1.29, 1.82) is 0 Å². The molecule has 2 fully saturated rings. The highest BCUT2D eigenvalue weighted by molar-refractivity contribution is 5.85. The molecule has 1 aliphatic carbocycles. The Kier molecular flexibility index (Phi) is 7.49. The molecule has 7 heteroatoms. The van der Waals surface area contributed by atoms with Gasteiger partial charge < -0.3 is 15.2 Å². The van der Waals surface area contributed by atoms with Crippen molar-refractivity contribution in [3.63, 3.8) is 0 Å². The van der Waals surface area contributed by atoms with Gasteiger partial charge in [0.2, 0.25) is 5.91 Å². The van der Waals surface area contributed by atoms with E-state index < -0.39 is 0 Å². The van der Waals surface area contributed by atoms with Gasteiger partial charge in [0.25, 0.3) is 0 Å². The molecule has 3 unspecified atom stereocenters. The molecular formula is C14H24Cl2N4O. The average Bonchev–Trinajstić information content (AvgIpc) is 3.07. The van der Waals surface area contributed by atoms with Crippen LogP contribution in [0.1, 0.15) is 32.1 Å². The van der Waals surface area contributed by atoms with Gasteiger partial charge in [-0.05, 0) is 25.2 Å². The summed E-state index contributed by atoms with van der Waals surface area (Å²) in [7, 11) is 0. The van der Waals surface area contributed by atoms with Crippen molar-refractivity contribution >= 4 is 30.7 Å². The van der Waals surface area contributed by atoms with Crippen LogP contribution in [-0.2, 0) is 11.3 Å². The molecule has 1 aliphatic heterocycles. The molecule has 2 heterocycles. The van der Waals surface area contributed by atoms with E-state index >= 15 is 0 Å². The number of nitrogens with one attached hydrogen (secondary N) is 2. The third kappa shape index (κ3) is 4.59. The fraction of sp³-hybridized carbons (Fsp3) is 0.714. The van der Waals surface area contributed by atoms with Crippen LogP contribution >= 0.6 is 24.8 Å². The summed E-state index contributed by atoms with van der Waals surface area (Å²) in [5, 5.41) is 6.53. The van der Waals surface area contributed by atoms with Gasteiger partial charge in [0.1, 0.15) is 0 Å². The van der Waals surface area contributed by atoms with Gasteiger partial charge in [0, 0.05) is 31.5 Å². The van der Waals surface area contributed by atoms with E-state index in [2.05, 4.69) is 15.6 Å². The van der Waals surface area contributed by atoms with E-state index in [9.17, 15) is 4.79 Å². The number of hydrogen-bond donors (Lipinski definition) is 2. The third-order valence-corrected chi connectivity index (χ3v) is 4.41. The molecule has 3 atom stereocenters. The predicted molar refractivity (Wildman–Crippen MR) is 87.0 cm³/mol. The smallest absolute Gasteiger partial charge is 0.237 e. The first-order chi connectivity index (χ1) is 9.33. The first-order valence-electron chi connectivity index (χ1n) is 7.32. The number of imidazole rings is 1. The zero-order valence-electron chi connectivity index (χ0n) is 12.0. The molecule has 2 aliphatic rings. The third-order valence-electron chi connectivity index (χ3n) is 4.41. The maximum Gasteiger partial charge on any atom is 0.237 e. The number of carbonyl (C=O) groups is 1. The Morgan fingerprint density at radius 2 is 2.14 bits per heavy atom. The topological polar surface area (TPSA) is 59.0 Å². The van der Waals surface area contributed by atoms with Crippen molar-refractivity contribution in [1.82, 2.24) is 20.2 Å². The number of hydrogen-bond acceptors (Lipinski definition) is 3. The van der Waals surface area contributed by atoms with Gasteiger partial charge in [-0.25, -0.2) is 4.98 Å². The summed E-state index contributed by atoms with van der Waals surface area (Å²) in [6, 6.07) is 0.606. The van der Waals surface area contributed by atoms with Crippen LogP contribution < -0.4 is 10.6 Å². The molecule has 1 saturated heterocycles. The number of aromatic nitrogens is 2. The maximum absolute atomic E-state index is 12.1. The number of rotatable bonds is 4. The molecule has 21 heavy (non-hydrogen) atoms. The van der Waals surface area contributed by atoms with Crippen molar-refractivity contribution in [2.24, 2.45) is 5.92 Å². The Morgan fingerprint density at radius 3 is 2.86 bits per heavy atom. The van der Waals surface area contributed by atoms with Gasteiger partial charge in [-0.2, -0.15) is 0 Å². The van der Waals surface area contributed by atoms with E-state index in [-0.39, 0.29) is 36.8 Å². The Labute approximate surface area is 138 Å². The monoisotopic (exact) mass is 334 g/mol. The first kappa shape index (κ1) is 18.3. The fourth-order valence-corrected chi connectivity index (χ4v) is 3.37. The van der Waals surface area contributed by atoms with Crippen molar-refractivity contribution in [3.8, 4) is 0 Å². The van der Waals surface area contributed by atoms with E-state index in [1.807, 2.05) is 10.8 Å². The van der Waals surface area contributed by atoms with Gasteiger partial charge in [-0.3, -0.25) is 4.79 Å². The quantitative estimate of drug-likeness (QED) is 0.882. The molecule has 1 saturated carbocycles. The molecule has 120 valence electrons. The fourth-order valence-electron chi connectivity index (χ4n) is 3.37. The van der Waals surface area contributed by atoms with Crippen LogP contribution in [0.25, 0.3) is 0 Å². The second-order valence-electron chi connectivity index (χ2n) is 5.70. The number of nitrogens with zero attached hydrogens (tertiary/aromatic N) is 2. The van der Waals surface area contributed by atoms with E-state index in [1.165, 1.54) is 25.7 Å². The second-order valence-corrected chi connectivity index (χ2v) is 5.70. The first-order valence-corrected chi connectivity index (χ1v) is 7.32. The van der Waals surface area contributed by atoms with Crippen LogP contribution in [0.4, 0.5) is 0 Å². The van der Waals surface area contributed by atoms with Crippen LogP contribution in [0.3, 0.4) is 0 Å². The Bertz CT molecular complexity index is 413. The maximum atomic E-state index is 12.1. The van der Waals surface area contributed by atoms with Crippen molar-refractivity contribution < 1.29 is 4.79 Å². The van der Waals surface area contributed by atoms with E-state index in [1.54, 1.807) is 12.5 Å². The molecule has 0 radical (unpaired) electrons. The highest BCUT2D eigenvalue weighted by Crippen LogP contribution is 2.33. The van der Waals surface area contributed by atoms with Crippen molar-refractivity contribution in [2.45, 2.75) is 50.7 Å². The van der Waals surface area contributed by atoms with Gasteiger partial charge in [-0.15, -0.1) is 24.8 Å². The number of amides is 1. The molecule has 1 aromatic rings. The van der Waals surface area contributed by atoms with Crippen LogP contribution in [0.2, 0.25) is 0 Å². The summed E-state index contributed by atoms with van der Waals surface area (Å²) < 4.78 is 1.97. The minimum atomic E-state index is 0. The molecule has 0 spiro atoms. The number of halogens is 2. The zero-order valence-corrected chi connectivity index (χ0v) is 13.7. The second kappa shape index (κ2) is 8.61. The largest absolute Gasteiger partial charge is 0.353 e. The summed E-state index contributed by atoms with van der Waals surface area (Å²) >= 11 is 0. The minimum Gasteiger partial charge on any atom is -0.353 e. The van der Waals surface area contributed by atoms with Gasteiger partial charge in [0.15, 0.2) is 0 Å². The normalized spacial score (nSPS) is 27.1. The lowest BCUT2D eigenvalue weighted by Gasteiger charge is -2.24. The molecule has 1 aromatic heterocycles. The SMILES string of the molecule is Cl.Cl.O=C(NCCn1ccnc1)C1CC2CCCCC2N1. The van der Waals surface area contributed by atoms with Gasteiger partial charge in [-0.1, -0.05) is 12.8 Å². The average molecular weight is 335 g/mol. The lowest BCUT2D eigenvalue weighted by Crippen LogP contribution is -2.43. The Morgan fingerprint density at radius 1 is 1.33 bits per heavy atom. The van der Waals surface area contributed by atoms with Crippen LogP contribution in [0, 0.1) is 5.92 Å². The molecular weight excluding hydrogens is 311 g/mol. The van der Waals surface area contributed by atoms with E-state index in [4.69, 9.17) is 0 Å². The van der Waals surface area contributed by atoms with Crippen LogP contribution in [0.5, 0.6) is 0 Å². The van der Waals surface area contributed by atoms with E-state index in [0.29, 0.717) is 12.6 Å². The summed E-state index contributed by atoms with van der Waals surface area (Å²) in [5.74, 6) is 0.882. The van der Waals surface area contributed by atoms with Crippen molar-refractivity contribution in [3.05, 3.63) is 18.7 Å². The summed E-state index contributed by atoms with van der Waals surface area (Å²) in [4.78, 5) is 16.1. The molecule has 1 amide bonds. The summed E-state index contributed by atoms with van der Waals surface area (Å²) in [6.45, 7) is 1.45. The van der Waals surface area contributed by atoms with Crippen LogP contribution in [0.15, 0.2) is 18.7 Å². The molecule has 0 bridgehead atoms. The Hall–Kier alpha value is -0.780. The number of fused-ring (bicyclic) bond motifs is 1. The lowest BCUT2D eigenvalue weighted by atomic mass is 9.85. The van der Waals surface area contributed by atoms with Gasteiger partial charge >= 0.3 is 0 Å². The predicted octanol–water partition coefficient (Wildman–Crippen LogP) is 1.76. The molecule has 2 N–H and O–H groups in total. The minimum absolute atomic E-state index is 0. The molecule has 5 nitrogen and oxygen atoms in total. The van der Waals surface area contributed by atoms with Gasteiger partial charge in [0.05, 0.1) is 12.4 Å². The standard InChI is InChI=1S/C14H22N4O.2ClH/c19-14(16-6-8-18-7-5-15-10-18)13-9-11-3-1-2-4-12(11)17-13;;/h5,7,10-13,17H,1-4,6,8-9H2,(H,16,19);2*1H. The van der Waals surface area contributed by atoms with Crippen molar-refractivity contribution in [2.75, 3.05) is 6.54 Å². The summed E-state index contributed by atoms with van der Waals surface area (Å²) in [6.07, 6.45) is 11.6. The zero-order chi connectivity index (χ0) is 13.1. The lowest BCUT2D eigenvalue weighted by molar-refractivity contribution is -0.122.